The van der Waals surface area contributed by atoms with Crippen molar-refractivity contribution in [1.82, 2.24) is 5.32 Å². The Hall–Kier alpha value is -0.900. The van der Waals surface area contributed by atoms with Crippen LogP contribution in [0.3, 0.4) is 0 Å². The summed E-state index contributed by atoms with van der Waals surface area (Å²) in [5.41, 5.74) is 0. The number of hydrogen-bond donors (Lipinski definition) is 1. The zero-order valence-electron chi connectivity index (χ0n) is 9.61. The minimum Gasteiger partial charge on any atom is -0.469 e. The maximum absolute atomic E-state index is 5.27. The van der Waals surface area contributed by atoms with Crippen LogP contribution in [0.5, 0.6) is 0 Å². The summed E-state index contributed by atoms with van der Waals surface area (Å²) >= 11 is 1.88. The number of nitrogens with zero attached hydrogens (tertiary/aromatic N) is 1. The van der Waals surface area contributed by atoms with Crippen LogP contribution in [0.1, 0.15) is 25.5 Å². The predicted octanol–water partition coefficient (Wildman–Crippen LogP) is 2.68. The maximum atomic E-state index is 5.27. The Balaban J connectivity index is 1.64. The lowest BCUT2D eigenvalue weighted by molar-refractivity contribution is 0.507. The van der Waals surface area contributed by atoms with E-state index in [4.69, 9.17) is 4.42 Å². The van der Waals surface area contributed by atoms with Gasteiger partial charge in [-0.2, -0.15) is 0 Å². The minimum atomic E-state index is 0.691. The SMILES string of the molecule is CCCC1CN=C(NCCc2ccco2)S1. The Morgan fingerprint density at radius 2 is 2.56 bits per heavy atom. The number of aliphatic imine (C=N–C) groups is 1. The lowest BCUT2D eigenvalue weighted by Crippen LogP contribution is -2.22. The van der Waals surface area contributed by atoms with Gasteiger partial charge in [-0.3, -0.25) is 4.99 Å². The molecule has 88 valence electrons. The number of nitrogens with one attached hydrogen (secondary N) is 1. The largest absolute Gasteiger partial charge is 0.469 e. The van der Waals surface area contributed by atoms with Gasteiger partial charge in [0, 0.05) is 18.2 Å². The van der Waals surface area contributed by atoms with Crippen molar-refractivity contribution < 1.29 is 4.42 Å². The summed E-state index contributed by atoms with van der Waals surface area (Å²) in [6.07, 6.45) is 5.14. The van der Waals surface area contributed by atoms with E-state index in [1.807, 2.05) is 23.9 Å². The lowest BCUT2D eigenvalue weighted by Gasteiger charge is -2.06. The normalized spacial score (nSPS) is 19.8. The second-order valence-corrected chi connectivity index (χ2v) is 5.22. The first kappa shape index (κ1) is 11.6. The van der Waals surface area contributed by atoms with Crippen LogP contribution in [0.2, 0.25) is 0 Å². The van der Waals surface area contributed by atoms with Gasteiger partial charge in [0.2, 0.25) is 0 Å². The van der Waals surface area contributed by atoms with Crippen molar-refractivity contribution in [2.75, 3.05) is 13.1 Å². The molecule has 1 aromatic heterocycles. The highest BCUT2D eigenvalue weighted by molar-refractivity contribution is 8.14. The highest BCUT2D eigenvalue weighted by Gasteiger charge is 2.17. The maximum Gasteiger partial charge on any atom is 0.156 e. The van der Waals surface area contributed by atoms with Crippen molar-refractivity contribution >= 4 is 16.9 Å². The zero-order valence-corrected chi connectivity index (χ0v) is 10.4. The van der Waals surface area contributed by atoms with Gasteiger partial charge in [0.15, 0.2) is 5.17 Å². The second-order valence-electron chi connectivity index (χ2n) is 3.93. The van der Waals surface area contributed by atoms with Gasteiger partial charge in [0.1, 0.15) is 5.76 Å². The van der Waals surface area contributed by atoms with E-state index in [0.29, 0.717) is 5.25 Å². The third-order valence-corrected chi connectivity index (χ3v) is 3.77. The van der Waals surface area contributed by atoms with Crippen LogP contribution < -0.4 is 5.32 Å². The van der Waals surface area contributed by atoms with Crippen molar-refractivity contribution in [3.05, 3.63) is 24.2 Å². The van der Waals surface area contributed by atoms with Crippen molar-refractivity contribution in [2.45, 2.75) is 31.4 Å². The van der Waals surface area contributed by atoms with Crippen LogP contribution >= 0.6 is 11.8 Å². The summed E-state index contributed by atoms with van der Waals surface area (Å²) in [7, 11) is 0. The highest BCUT2D eigenvalue weighted by Crippen LogP contribution is 2.23. The van der Waals surface area contributed by atoms with Gasteiger partial charge in [-0.15, -0.1) is 0 Å². The molecule has 3 nitrogen and oxygen atoms in total. The third kappa shape index (κ3) is 3.30. The van der Waals surface area contributed by atoms with E-state index >= 15 is 0 Å². The van der Waals surface area contributed by atoms with E-state index in [1.54, 1.807) is 6.26 Å². The van der Waals surface area contributed by atoms with Crippen LogP contribution in [0.15, 0.2) is 27.8 Å². The van der Waals surface area contributed by atoms with E-state index in [9.17, 15) is 0 Å². The topological polar surface area (TPSA) is 37.5 Å². The van der Waals surface area contributed by atoms with E-state index < -0.39 is 0 Å². The van der Waals surface area contributed by atoms with E-state index in [2.05, 4.69) is 17.2 Å². The Labute approximate surface area is 101 Å². The number of hydrogen-bond acceptors (Lipinski definition) is 4. The van der Waals surface area contributed by atoms with E-state index in [1.165, 1.54) is 12.8 Å². The molecule has 1 aliphatic heterocycles. The standard InChI is InChI=1S/C12H18N2OS/c1-2-4-11-9-14-12(16-11)13-7-6-10-5-3-8-15-10/h3,5,8,11H,2,4,6-7,9H2,1H3,(H,13,14). The van der Waals surface area contributed by atoms with Gasteiger partial charge in [-0.1, -0.05) is 25.1 Å². The van der Waals surface area contributed by atoms with E-state index in [0.717, 1.165) is 30.4 Å². The molecule has 1 N–H and O–H groups in total. The zero-order chi connectivity index (χ0) is 11.2. The van der Waals surface area contributed by atoms with Crippen LogP contribution in [0.25, 0.3) is 0 Å². The van der Waals surface area contributed by atoms with E-state index in [-0.39, 0.29) is 0 Å². The van der Waals surface area contributed by atoms with Gasteiger partial charge in [0.25, 0.3) is 0 Å². The lowest BCUT2D eigenvalue weighted by atomic mass is 10.2. The molecule has 4 heteroatoms. The number of amidine groups is 1. The fourth-order valence-corrected chi connectivity index (χ4v) is 2.89. The van der Waals surface area contributed by atoms with Crippen molar-refractivity contribution in [3.63, 3.8) is 0 Å². The number of thioether (sulfide) groups is 1. The summed E-state index contributed by atoms with van der Waals surface area (Å²) in [4.78, 5) is 4.49. The fourth-order valence-electron chi connectivity index (χ4n) is 1.73. The molecular formula is C12H18N2OS. The Morgan fingerprint density at radius 1 is 1.62 bits per heavy atom. The van der Waals surface area contributed by atoms with Crippen LogP contribution in [0.4, 0.5) is 0 Å². The minimum absolute atomic E-state index is 0.691. The predicted molar refractivity (Wildman–Crippen MR) is 69.0 cm³/mol. The number of furan rings is 1. The van der Waals surface area contributed by atoms with Crippen molar-refractivity contribution in [2.24, 2.45) is 4.99 Å². The van der Waals surface area contributed by atoms with Gasteiger partial charge < -0.3 is 9.73 Å². The molecule has 2 heterocycles. The molecule has 0 saturated heterocycles. The fraction of sp³-hybridized carbons (Fsp3) is 0.583. The van der Waals surface area contributed by atoms with Crippen LogP contribution in [-0.2, 0) is 6.42 Å². The van der Waals surface area contributed by atoms with Crippen LogP contribution in [0, 0.1) is 0 Å². The molecule has 1 aromatic rings. The first-order valence-corrected chi connectivity index (χ1v) is 6.74. The van der Waals surface area contributed by atoms with Gasteiger partial charge in [-0.25, -0.2) is 0 Å². The van der Waals surface area contributed by atoms with Crippen molar-refractivity contribution in [3.8, 4) is 0 Å². The van der Waals surface area contributed by atoms with Crippen molar-refractivity contribution in [1.29, 1.82) is 0 Å². The third-order valence-electron chi connectivity index (χ3n) is 2.56. The summed E-state index contributed by atoms with van der Waals surface area (Å²) in [6, 6.07) is 3.93. The number of rotatable bonds is 5. The molecule has 1 atom stereocenters. The van der Waals surface area contributed by atoms with Crippen LogP contribution in [-0.4, -0.2) is 23.5 Å². The molecule has 1 aliphatic rings. The Kier molecular flexibility index (Phi) is 4.34. The molecule has 2 rings (SSSR count). The molecule has 0 fully saturated rings. The molecule has 0 aliphatic carbocycles. The first-order chi connectivity index (χ1) is 7.88. The Morgan fingerprint density at radius 3 is 3.31 bits per heavy atom. The molecule has 0 amide bonds. The summed E-state index contributed by atoms with van der Waals surface area (Å²) in [6.45, 7) is 4.10. The summed E-state index contributed by atoms with van der Waals surface area (Å²) < 4.78 is 5.27. The molecule has 16 heavy (non-hydrogen) atoms. The highest BCUT2D eigenvalue weighted by atomic mass is 32.2. The van der Waals surface area contributed by atoms with Gasteiger partial charge >= 0.3 is 0 Å². The quantitative estimate of drug-likeness (QED) is 0.857. The summed E-state index contributed by atoms with van der Waals surface area (Å²) in [5.74, 6) is 1.03. The Bertz CT molecular complexity index is 335. The first-order valence-electron chi connectivity index (χ1n) is 5.86. The smallest absolute Gasteiger partial charge is 0.156 e. The molecule has 0 bridgehead atoms. The average Bonchev–Trinajstić information content (AvgIpc) is 2.90. The molecule has 1 unspecified atom stereocenters. The molecular weight excluding hydrogens is 220 g/mol. The molecule has 0 saturated carbocycles. The summed E-state index contributed by atoms with van der Waals surface area (Å²) in [5, 5.41) is 5.15. The van der Waals surface area contributed by atoms with Gasteiger partial charge in [0.05, 0.1) is 12.8 Å². The molecule has 0 radical (unpaired) electrons. The molecule has 0 spiro atoms. The monoisotopic (exact) mass is 238 g/mol. The van der Waals surface area contributed by atoms with Gasteiger partial charge in [-0.05, 0) is 18.6 Å². The second kappa shape index (κ2) is 5.99. The molecule has 0 aromatic carbocycles. The average molecular weight is 238 g/mol.